The molecule has 23 heavy (non-hydrogen) atoms. The highest BCUT2D eigenvalue weighted by Gasteiger charge is 2.22. The standard InChI is InChI=1S/C19H17NO2S/c1-13-12-16(14(2)23-13)19(21)22-18(15-8-4-3-5-9-15)17-10-6-7-11-20-17/h3-12,18H,1-2H3. The summed E-state index contributed by atoms with van der Waals surface area (Å²) in [6.07, 6.45) is 1.20. The third-order valence-electron chi connectivity index (χ3n) is 3.54. The van der Waals surface area contributed by atoms with E-state index in [1.54, 1.807) is 17.5 Å². The molecular formula is C19H17NO2S. The average Bonchev–Trinajstić information content (AvgIpc) is 2.92. The molecule has 1 unspecified atom stereocenters. The van der Waals surface area contributed by atoms with Gasteiger partial charge >= 0.3 is 5.97 Å². The molecule has 3 rings (SSSR count). The Hall–Kier alpha value is -2.46. The minimum absolute atomic E-state index is 0.314. The van der Waals surface area contributed by atoms with E-state index < -0.39 is 6.10 Å². The number of rotatable bonds is 4. The number of esters is 1. The van der Waals surface area contributed by atoms with Crippen molar-refractivity contribution < 1.29 is 9.53 Å². The molecule has 0 fully saturated rings. The van der Waals surface area contributed by atoms with Crippen molar-refractivity contribution in [2.75, 3.05) is 0 Å². The summed E-state index contributed by atoms with van der Waals surface area (Å²) in [6.45, 7) is 3.93. The summed E-state index contributed by atoms with van der Waals surface area (Å²) in [5.74, 6) is -0.314. The van der Waals surface area contributed by atoms with Gasteiger partial charge in [-0.2, -0.15) is 0 Å². The van der Waals surface area contributed by atoms with Gasteiger partial charge in [-0.25, -0.2) is 4.79 Å². The molecule has 0 N–H and O–H groups in total. The topological polar surface area (TPSA) is 39.2 Å². The smallest absolute Gasteiger partial charge is 0.340 e. The van der Waals surface area contributed by atoms with E-state index in [9.17, 15) is 4.79 Å². The zero-order valence-electron chi connectivity index (χ0n) is 13.0. The number of thiophene rings is 1. The zero-order chi connectivity index (χ0) is 16.2. The van der Waals surface area contributed by atoms with Crippen LogP contribution in [0, 0.1) is 13.8 Å². The molecule has 0 saturated heterocycles. The third kappa shape index (κ3) is 3.48. The maximum atomic E-state index is 12.6. The van der Waals surface area contributed by atoms with E-state index in [0.717, 1.165) is 21.0 Å². The van der Waals surface area contributed by atoms with Crippen LogP contribution < -0.4 is 0 Å². The van der Waals surface area contributed by atoms with Gasteiger partial charge in [-0.05, 0) is 37.6 Å². The lowest BCUT2D eigenvalue weighted by atomic mass is 10.1. The van der Waals surface area contributed by atoms with Crippen molar-refractivity contribution in [2.24, 2.45) is 0 Å². The molecule has 0 aliphatic carbocycles. The van der Waals surface area contributed by atoms with E-state index in [-0.39, 0.29) is 5.97 Å². The molecule has 0 bridgehead atoms. The monoisotopic (exact) mass is 323 g/mol. The third-order valence-corrected chi connectivity index (χ3v) is 4.51. The largest absolute Gasteiger partial charge is 0.447 e. The number of aromatic nitrogens is 1. The van der Waals surface area contributed by atoms with Crippen LogP contribution in [-0.2, 0) is 4.74 Å². The lowest BCUT2D eigenvalue weighted by molar-refractivity contribution is 0.0370. The van der Waals surface area contributed by atoms with E-state index in [1.807, 2.05) is 68.4 Å². The predicted molar refractivity (Wildman–Crippen MR) is 91.7 cm³/mol. The number of hydrogen-bond acceptors (Lipinski definition) is 4. The van der Waals surface area contributed by atoms with Crippen LogP contribution in [0.2, 0.25) is 0 Å². The quantitative estimate of drug-likeness (QED) is 0.653. The predicted octanol–water partition coefficient (Wildman–Crippen LogP) is 4.71. The van der Waals surface area contributed by atoms with E-state index >= 15 is 0 Å². The highest BCUT2D eigenvalue weighted by atomic mass is 32.1. The lowest BCUT2D eigenvalue weighted by Gasteiger charge is -2.18. The summed E-state index contributed by atoms with van der Waals surface area (Å²) >= 11 is 1.60. The molecule has 0 saturated carbocycles. The number of carbonyl (C=O) groups is 1. The van der Waals surface area contributed by atoms with E-state index in [2.05, 4.69) is 4.98 Å². The van der Waals surface area contributed by atoms with Crippen molar-refractivity contribution >= 4 is 17.3 Å². The number of hydrogen-bond donors (Lipinski definition) is 0. The van der Waals surface area contributed by atoms with Crippen molar-refractivity contribution in [3.63, 3.8) is 0 Å². The molecule has 1 aromatic carbocycles. The van der Waals surface area contributed by atoms with E-state index in [0.29, 0.717) is 5.56 Å². The second kappa shape index (κ2) is 6.75. The Bertz CT molecular complexity index is 757. The SMILES string of the molecule is Cc1cc(C(=O)OC(c2ccccc2)c2ccccn2)c(C)s1. The van der Waals surface area contributed by atoms with E-state index in [1.165, 1.54) is 0 Å². The summed E-state index contributed by atoms with van der Waals surface area (Å²) in [4.78, 5) is 19.0. The van der Waals surface area contributed by atoms with Gasteiger partial charge < -0.3 is 4.74 Å². The summed E-state index contributed by atoms with van der Waals surface area (Å²) in [5, 5.41) is 0. The van der Waals surface area contributed by atoms with E-state index in [4.69, 9.17) is 4.74 Å². The lowest BCUT2D eigenvalue weighted by Crippen LogP contribution is -2.14. The Balaban J connectivity index is 1.93. The van der Waals surface area contributed by atoms with Gasteiger partial charge in [0, 0.05) is 16.0 Å². The minimum atomic E-state index is -0.510. The first kappa shape index (κ1) is 15.4. The number of benzene rings is 1. The average molecular weight is 323 g/mol. The van der Waals surface area contributed by atoms with Crippen LogP contribution in [0.1, 0.15) is 37.5 Å². The van der Waals surface area contributed by atoms with Crippen LogP contribution in [0.4, 0.5) is 0 Å². The van der Waals surface area contributed by atoms with Crippen LogP contribution in [0.25, 0.3) is 0 Å². The molecule has 2 aromatic heterocycles. The molecule has 0 radical (unpaired) electrons. The summed E-state index contributed by atoms with van der Waals surface area (Å²) in [5.41, 5.74) is 2.25. The molecule has 4 heteroatoms. The minimum Gasteiger partial charge on any atom is -0.447 e. The fourth-order valence-corrected chi connectivity index (χ4v) is 3.37. The normalized spacial score (nSPS) is 11.9. The van der Waals surface area contributed by atoms with Crippen molar-refractivity contribution in [2.45, 2.75) is 20.0 Å². The Morgan fingerprint density at radius 3 is 2.43 bits per heavy atom. The summed E-state index contributed by atoms with van der Waals surface area (Å²) in [7, 11) is 0. The number of ether oxygens (including phenoxy) is 1. The van der Waals surface area contributed by atoms with Crippen molar-refractivity contribution in [3.8, 4) is 0 Å². The Kier molecular flexibility index (Phi) is 4.53. The molecule has 0 aliphatic rings. The second-order valence-electron chi connectivity index (χ2n) is 5.28. The van der Waals surface area contributed by atoms with Gasteiger partial charge in [-0.1, -0.05) is 36.4 Å². The molecule has 116 valence electrons. The van der Waals surface area contributed by atoms with Gasteiger partial charge in [-0.3, -0.25) is 4.98 Å². The first-order valence-corrected chi connectivity index (χ1v) is 8.20. The van der Waals surface area contributed by atoms with Crippen molar-refractivity contribution in [1.82, 2.24) is 4.98 Å². The number of nitrogens with zero attached hydrogens (tertiary/aromatic N) is 1. The highest BCUT2D eigenvalue weighted by molar-refractivity contribution is 7.12. The van der Waals surface area contributed by atoms with Crippen LogP contribution in [0.15, 0.2) is 60.8 Å². The van der Waals surface area contributed by atoms with Gasteiger partial charge in [-0.15, -0.1) is 11.3 Å². The molecule has 3 aromatic rings. The highest BCUT2D eigenvalue weighted by Crippen LogP contribution is 2.28. The molecule has 3 nitrogen and oxygen atoms in total. The first-order chi connectivity index (χ1) is 11.1. The van der Waals surface area contributed by atoms with Crippen molar-refractivity contribution in [3.05, 3.63) is 87.4 Å². The van der Waals surface area contributed by atoms with Gasteiger partial charge in [0.25, 0.3) is 0 Å². The molecule has 1 atom stereocenters. The van der Waals surface area contributed by atoms with Crippen LogP contribution in [0.3, 0.4) is 0 Å². The Morgan fingerprint density at radius 2 is 1.83 bits per heavy atom. The number of pyridine rings is 1. The Morgan fingerprint density at radius 1 is 1.09 bits per heavy atom. The first-order valence-electron chi connectivity index (χ1n) is 7.39. The van der Waals surface area contributed by atoms with Crippen LogP contribution in [0.5, 0.6) is 0 Å². The van der Waals surface area contributed by atoms with Gasteiger partial charge in [0.15, 0.2) is 6.10 Å². The fraction of sp³-hybridized carbons (Fsp3) is 0.158. The van der Waals surface area contributed by atoms with Gasteiger partial charge in [0.05, 0.1) is 11.3 Å². The maximum absolute atomic E-state index is 12.6. The second-order valence-corrected chi connectivity index (χ2v) is 6.74. The fourth-order valence-electron chi connectivity index (χ4n) is 2.46. The zero-order valence-corrected chi connectivity index (χ0v) is 13.8. The number of carbonyl (C=O) groups excluding carboxylic acids is 1. The molecule has 0 spiro atoms. The van der Waals surface area contributed by atoms with Gasteiger partial charge in [0.1, 0.15) is 0 Å². The van der Waals surface area contributed by atoms with Crippen LogP contribution in [-0.4, -0.2) is 11.0 Å². The maximum Gasteiger partial charge on any atom is 0.340 e. The van der Waals surface area contributed by atoms with Crippen LogP contribution >= 0.6 is 11.3 Å². The molecule has 0 aliphatic heterocycles. The van der Waals surface area contributed by atoms with Gasteiger partial charge in [0.2, 0.25) is 0 Å². The number of aryl methyl sites for hydroxylation is 2. The molecule has 0 amide bonds. The van der Waals surface area contributed by atoms with Crippen molar-refractivity contribution in [1.29, 1.82) is 0 Å². The summed E-state index contributed by atoms with van der Waals surface area (Å²) in [6, 6.07) is 17.2. The molecule has 2 heterocycles. The molecular weight excluding hydrogens is 306 g/mol. The summed E-state index contributed by atoms with van der Waals surface area (Å²) < 4.78 is 5.81. The Labute approximate surface area is 139 Å².